The van der Waals surface area contributed by atoms with E-state index in [9.17, 15) is 9.59 Å². The zero-order valence-corrected chi connectivity index (χ0v) is 16.8. The molecule has 0 saturated heterocycles. The van der Waals surface area contributed by atoms with E-state index in [-0.39, 0.29) is 23.9 Å². The maximum atomic E-state index is 12.1. The first-order chi connectivity index (χ1) is 12.7. The summed E-state index contributed by atoms with van der Waals surface area (Å²) >= 11 is 0. The Bertz CT molecular complexity index is 653. The number of guanidine groups is 1. The summed E-state index contributed by atoms with van der Waals surface area (Å²) in [5.74, 6) is 0.835. The number of carbonyl (C=O) groups excluding carboxylic acids is 2. The van der Waals surface area contributed by atoms with Crippen LogP contribution in [0.3, 0.4) is 0 Å². The van der Waals surface area contributed by atoms with Gasteiger partial charge in [0.2, 0.25) is 5.91 Å². The average molecular weight is 377 g/mol. The van der Waals surface area contributed by atoms with Crippen LogP contribution in [-0.2, 0) is 4.79 Å². The van der Waals surface area contributed by atoms with Crippen molar-refractivity contribution < 1.29 is 14.3 Å². The van der Waals surface area contributed by atoms with Crippen molar-refractivity contribution in [2.24, 2.45) is 4.99 Å². The summed E-state index contributed by atoms with van der Waals surface area (Å²) in [6.45, 7) is 9.29. The molecule has 2 amide bonds. The van der Waals surface area contributed by atoms with Crippen molar-refractivity contribution in [3.8, 4) is 5.75 Å². The minimum atomic E-state index is -0.289. The number of hydrogen-bond donors (Lipinski definition) is 4. The third-order valence-corrected chi connectivity index (χ3v) is 3.27. The van der Waals surface area contributed by atoms with Crippen LogP contribution in [0.4, 0.5) is 0 Å². The average Bonchev–Trinajstić information content (AvgIpc) is 2.61. The lowest BCUT2D eigenvalue weighted by Gasteiger charge is -2.20. The molecule has 0 aliphatic rings. The van der Waals surface area contributed by atoms with Crippen LogP contribution < -0.4 is 26.0 Å². The summed E-state index contributed by atoms with van der Waals surface area (Å²) in [5, 5.41) is 11.8. The first-order valence-electron chi connectivity index (χ1n) is 9.00. The lowest BCUT2D eigenvalue weighted by atomic mass is 10.1. The SMILES string of the molecule is CCNC(=NCC(=O)NC(C)(C)C)NCCNC(=O)c1cccc(OC)c1. The van der Waals surface area contributed by atoms with Gasteiger partial charge in [-0.2, -0.15) is 0 Å². The van der Waals surface area contributed by atoms with Crippen LogP contribution in [-0.4, -0.2) is 56.6 Å². The van der Waals surface area contributed by atoms with Crippen molar-refractivity contribution in [1.82, 2.24) is 21.3 Å². The fourth-order valence-electron chi connectivity index (χ4n) is 2.17. The molecular formula is C19H31N5O3. The number of ether oxygens (including phenoxy) is 1. The minimum absolute atomic E-state index is 0.0305. The van der Waals surface area contributed by atoms with E-state index in [1.807, 2.05) is 27.7 Å². The number of nitrogens with zero attached hydrogens (tertiary/aromatic N) is 1. The molecule has 8 heteroatoms. The predicted molar refractivity (Wildman–Crippen MR) is 107 cm³/mol. The van der Waals surface area contributed by atoms with Gasteiger partial charge >= 0.3 is 0 Å². The Kier molecular flexibility index (Phi) is 9.12. The molecule has 0 unspecified atom stereocenters. The van der Waals surface area contributed by atoms with Gasteiger partial charge in [-0.15, -0.1) is 0 Å². The molecule has 0 saturated carbocycles. The highest BCUT2D eigenvalue weighted by Crippen LogP contribution is 2.12. The summed E-state index contributed by atoms with van der Waals surface area (Å²) in [5.41, 5.74) is 0.247. The molecular weight excluding hydrogens is 346 g/mol. The summed E-state index contributed by atoms with van der Waals surface area (Å²) in [6.07, 6.45) is 0. The molecule has 4 N–H and O–H groups in total. The van der Waals surface area contributed by atoms with Crippen molar-refractivity contribution >= 4 is 17.8 Å². The molecule has 27 heavy (non-hydrogen) atoms. The number of methoxy groups -OCH3 is 1. The van der Waals surface area contributed by atoms with Crippen LogP contribution >= 0.6 is 0 Å². The Morgan fingerprint density at radius 3 is 2.44 bits per heavy atom. The minimum Gasteiger partial charge on any atom is -0.497 e. The highest BCUT2D eigenvalue weighted by molar-refractivity contribution is 5.94. The summed E-state index contributed by atoms with van der Waals surface area (Å²) < 4.78 is 5.12. The number of benzene rings is 1. The molecule has 0 radical (unpaired) electrons. The molecule has 0 fully saturated rings. The number of amides is 2. The molecule has 0 aromatic heterocycles. The van der Waals surface area contributed by atoms with E-state index < -0.39 is 0 Å². The molecule has 1 aromatic rings. The zero-order chi connectivity index (χ0) is 20.3. The fraction of sp³-hybridized carbons (Fsp3) is 0.526. The second-order valence-electron chi connectivity index (χ2n) is 6.91. The highest BCUT2D eigenvalue weighted by atomic mass is 16.5. The molecule has 8 nitrogen and oxygen atoms in total. The molecule has 1 rings (SSSR count). The van der Waals surface area contributed by atoms with Gasteiger partial charge in [-0.25, -0.2) is 4.99 Å². The Labute approximate surface area is 161 Å². The normalized spacial score (nSPS) is 11.5. The van der Waals surface area contributed by atoms with Crippen molar-refractivity contribution in [3.05, 3.63) is 29.8 Å². The van der Waals surface area contributed by atoms with E-state index in [4.69, 9.17) is 4.74 Å². The smallest absolute Gasteiger partial charge is 0.251 e. The number of aliphatic imine (C=N–C) groups is 1. The maximum Gasteiger partial charge on any atom is 0.251 e. The second kappa shape index (κ2) is 11.1. The fourth-order valence-corrected chi connectivity index (χ4v) is 2.17. The Morgan fingerprint density at radius 1 is 1.11 bits per heavy atom. The topological polar surface area (TPSA) is 104 Å². The Balaban J connectivity index is 2.44. The molecule has 0 heterocycles. The van der Waals surface area contributed by atoms with Crippen molar-refractivity contribution in [2.75, 3.05) is 33.3 Å². The van der Waals surface area contributed by atoms with E-state index in [1.165, 1.54) is 0 Å². The molecule has 0 spiro atoms. The van der Waals surface area contributed by atoms with E-state index in [1.54, 1.807) is 31.4 Å². The van der Waals surface area contributed by atoms with Gasteiger partial charge in [0.1, 0.15) is 12.3 Å². The molecule has 1 aromatic carbocycles. The highest BCUT2D eigenvalue weighted by Gasteiger charge is 2.13. The van der Waals surface area contributed by atoms with E-state index in [0.29, 0.717) is 36.9 Å². The van der Waals surface area contributed by atoms with E-state index >= 15 is 0 Å². The Morgan fingerprint density at radius 2 is 1.81 bits per heavy atom. The van der Waals surface area contributed by atoms with Crippen LogP contribution in [0, 0.1) is 0 Å². The molecule has 0 aliphatic heterocycles. The molecule has 0 atom stereocenters. The van der Waals surface area contributed by atoms with Gasteiger partial charge in [-0.3, -0.25) is 9.59 Å². The number of hydrogen-bond acceptors (Lipinski definition) is 4. The second-order valence-corrected chi connectivity index (χ2v) is 6.91. The monoisotopic (exact) mass is 377 g/mol. The number of nitrogens with one attached hydrogen (secondary N) is 4. The third kappa shape index (κ3) is 9.48. The summed E-state index contributed by atoms with van der Waals surface area (Å²) in [7, 11) is 1.56. The van der Waals surface area contributed by atoms with Crippen LogP contribution in [0.1, 0.15) is 38.1 Å². The van der Waals surface area contributed by atoms with Crippen molar-refractivity contribution in [1.29, 1.82) is 0 Å². The van der Waals surface area contributed by atoms with Gasteiger partial charge in [-0.05, 0) is 45.9 Å². The van der Waals surface area contributed by atoms with Crippen molar-refractivity contribution in [3.63, 3.8) is 0 Å². The predicted octanol–water partition coefficient (Wildman–Crippen LogP) is 0.895. The lowest BCUT2D eigenvalue weighted by molar-refractivity contribution is -0.121. The zero-order valence-electron chi connectivity index (χ0n) is 16.8. The number of carbonyl (C=O) groups is 2. The summed E-state index contributed by atoms with van der Waals surface area (Å²) in [4.78, 5) is 28.2. The third-order valence-electron chi connectivity index (χ3n) is 3.27. The van der Waals surface area contributed by atoms with Gasteiger partial charge in [0.15, 0.2) is 5.96 Å². The maximum absolute atomic E-state index is 12.1. The van der Waals surface area contributed by atoms with Crippen LogP contribution in [0.25, 0.3) is 0 Å². The van der Waals surface area contributed by atoms with Gasteiger partial charge in [0.25, 0.3) is 5.91 Å². The van der Waals surface area contributed by atoms with Gasteiger partial charge in [0.05, 0.1) is 7.11 Å². The Hall–Kier alpha value is -2.77. The van der Waals surface area contributed by atoms with E-state index in [0.717, 1.165) is 0 Å². The van der Waals surface area contributed by atoms with E-state index in [2.05, 4.69) is 26.3 Å². The van der Waals surface area contributed by atoms with Gasteiger partial charge in [0, 0.05) is 30.7 Å². The van der Waals surface area contributed by atoms with Crippen molar-refractivity contribution in [2.45, 2.75) is 33.2 Å². The van der Waals surface area contributed by atoms with Crippen LogP contribution in [0.5, 0.6) is 5.75 Å². The quantitative estimate of drug-likeness (QED) is 0.306. The first kappa shape index (κ1) is 22.3. The standard InChI is InChI=1S/C19H31N5O3/c1-6-20-18(23-13-16(25)24-19(2,3)4)22-11-10-21-17(26)14-8-7-9-15(12-14)27-5/h7-9,12H,6,10-11,13H2,1-5H3,(H,21,26)(H,24,25)(H2,20,22,23). The van der Waals surface area contributed by atoms with Crippen LogP contribution in [0.15, 0.2) is 29.3 Å². The largest absolute Gasteiger partial charge is 0.497 e. The molecule has 150 valence electrons. The van der Waals surface area contributed by atoms with Crippen LogP contribution in [0.2, 0.25) is 0 Å². The molecule has 0 bridgehead atoms. The van der Waals surface area contributed by atoms with Gasteiger partial charge in [-0.1, -0.05) is 6.07 Å². The molecule has 0 aliphatic carbocycles. The van der Waals surface area contributed by atoms with Gasteiger partial charge < -0.3 is 26.0 Å². The lowest BCUT2D eigenvalue weighted by Crippen LogP contribution is -2.44. The summed E-state index contributed by atoms with van der Waals surface area (Å²) in [6, 6.07) is 6.96. The number of rotatable bonds is 8. The first-order valence-corrected chi connectivity index (χ1v) is 9.00.